The van der Waals surface area contributed by atoms with Gasteiger partial charge in [-0.1, -0.05) is 30.3 Å². The summed E-state index contributed by atoms with van der Waals surface area (Å²) in [5.74, 6) is -0.0531. The molecule has 1 atom stereocenters. The lowest BCUT2D eigenvalue weighted by atomic mass is 10.2. The fourth-order valence-electron chi connectivity index (χ4n) is 2.40. The van der Waals surface area contributed by atoms with E-state index in [-0.39, 0.29) is 12.0 Å². The molecule has 1 amide bonds. The van der Waals surface area contributed by atoms with Gasteiger partial charge in [0.15, 0.2) is 0 Å². The van der Waals surface area contributed by atoms with E-state index in [2.05, 4.69) is 10.3 Å². The number of hydrogen-bond acceptors (Lipinski definition) is 4. The number of benzene rings is 1. The molecule has 0 aliphatic carbocycles. The standard InChI is InChI=1S/C16H18N2O2S/c1-11-14(15(19)17-10-13-8-5-9-20-13)21-16(18-11)12-6-3-2-4-7-12/h2-4,6-7,13H,5,8-10H2,1H3,(H,17,19)/t13-/m0/s1. The molecule has 1 saturated heterocycles. The van der Waals surface area contributed by atoms with Crippen molar-refractivity contribution in [2.75, 3.05) is 13.2 Å². The second-order valence-corrected chi connectivity index (χ2v) is 6.14. The summed E-state index contributed by atoms with van der Waals surface area (Å²) in [4.78, 5) is 17.5. The summed E-state index contributed by atoms with van der Waals surface area (Å²) in [7, 11) is 0. The number of hydrogen-bond donors (Lipinski definition) is 1. The maximum atomic E-state index is 12.3. The van der Waals surface area contributed by atoms with Crippen molar-refractivity contribution in [3.05, 3.63) is 40.9 Å². The maximum Gasteiger partial charge on any atom is 0.263 e. The highest BCUT2D eigenvalue weighted by molar-refractivity contribution is 7.17. The summed E-state index contributed by atoms with van der Waals surface area (Å²) in [6.07, 6.45) is 2.27. The molecule has 0 radical (unpaired) electrons. The minimum atomic E-state index is -0.0531. The normalized spacial score (nSPS) is 17.9. The van der Waals surface area contributed by atoms with E-state index in [1.807, 2.05) is 37.3 Å². The number of nitrogens with zero attached hydrogens (tertiary/aromatic N) is 1. The number of carbonyl (C=O) groups is 1. The van der Waals surface area contributed by atoms with Gasteiger partial charge in [0.05, 0.1) is 11.8 Å². The Hall–Kier alpha value is -1.72. The molecular weight excluding hydrogens is 284 g/mol. The van der Waals surface area contributed by atoms with E-state index in [1.54, 1.807) is 0 Å². The topological polar surface area (TPSA) is 51.2 Å². The molecule has 1 aliphatic rings. The fraction of sp³-hybridized carbons (Fsp3) is 0.375. The van der Waals surface area contributed by atoms with Crippen LogP contribution in [0.25, 0.3) is 10.6 Å². The first-order chi connectivity index (χ1) is 10.2. The van der Waals surface area contributed by atoms with Crippen LogP contribution in [-0.4, -0.2) is 30.1 Å². The number of nitrogens with one attached hydrogen (secondary N) is 1. The first-order valence-electron chi connectivity index (χ1n) is 7.16. The van der Waals surface area contributed by atoms with Gasteiger partial charge in [-0.2, -0.15) is 0 Å². The molecule has 0 unspecified atom stereocenters. The molecule has 110 valence electrons. The Kier molecular flexibility index (Phi) is 4.31. The van der Waals surface area contributed by atoms with Gasteiger partial charge in [-0.15, -0.1) is 11.3 Å². The summed E-state index contributed by atoms with van der Waals surface area (Å²) < 4.78 is 5.52. The quantitative estimate of drug-likeness (QED) is 0.944. The van der Waals surface area contributed by atoms with Crippen LogP contribution < -0.4 is 5.32 Å². The van der Waals surface area contributed by atoms with E-state index in [1.165, 1.54) is 11.3 Å². The first kappa shape index (κ1) is 14.2. The Morgan fingerprint density at radius 2 is 2.24 bits per heavy atom. The summed E-state index contributed by atoms with van der Waals surface area (Å²) in [5.41, 5.74) is 1.83. The molecule has 5 heteroatoms. The van der Waals surface area contributed by atoms with Crippen molar-refractivity contribution >= 4 is 17.2 Å². The van der Waals surface area contributed by atoms with E-state index >= 15 is 0 Å². The van der Waals surface area contributed by atoms with E-state index < -0.39 is 0 Å². The molecule has 0 spiro atoms. The Morgan fingerprint density at radius 1 is 1.43 bits per heavy atom. The molecule has 1 aliphatic heterocycles. The van der Waals surface area contributed by atoms with Crippen molar-refractivity contribution < 1.29 is 9.53 Å². The predicted octanol–water partition coefficient (Wildman–Crippen LogP) is 3.03. The second kappa shape index (κ2) is 6.37. The van der Waals surface area contributed by atoms with Gasteiger partial charge in [-0.05, 0) is 19.8 Å². The smallest absolute Gasteiger partial charge is 0.263 e. The molecule has 4 nitrogen and oxygen atoms in total. The molecule has 1 fully saturated rings. The number of aryl methyl sites for hydroxylation is 1. The Labute approximate surface area is 128 Å². The highest BCUT2D eigenvalue weighted by atomic mass is 32.1. The summed E-state index contributed by atoms with van der Waals surface area (Å²) in [6, 6.07) is 9.93. The monoisotopic (exact) mass is 302 g/mol. The van der Waals surface area contributed by atoms with Gasteiger partial charge in [0.2, 0.25) is 0 Å². The molecule has 21 heavy (non-hydrogen) atoms. The summed E-state index contributed by atoms with van der Waals surface area (Å²) in [6.45, 7) is 3.26. The second-order valence-electron chi connectivity index (χ2n) is 5.14. The van der Waals surface area contributed by atoms with Gasteiger partial charge in [-0.25, -0.2) is 4.98 Å². The fourth-order valence-corrected chi connectivity index (χ4v) is 3.39. The third-order valence-corrected chi connectivity index (χ3v) is 4.74. The van der Waals surface area contributed by atoms with Crippen LogP contribution in [0.5, 0.6) is 0 Å². The number of amides is 1. The maximum absolute atomic E-state index is 12.3. The largest absolute Gasteiger partial charge is 0.376 e. The number of aromatic nitrogens is 1. The number of carbonyl (C=O) groups excluding carboxylic acids is 1. The molecule has 3 rings (SSSR count). The van der Waals surface area contributed by atoms with Crippen LogP contribution in [0.15, 0.2) is 30.3 Å². The van der Waals surface area contributed by atoms with Crippen molar-refractivity contribution in [3.8, 4) is 10.6 Å². The lowest BCUT2D eigenvalue weighted by molar-refractivity contribution is 0.0860. The van der Waals surface area contributed by atoms with E-state index in [0.717, 1.165) is 35.7 Å². The van der Waals surface area contributed by atoms with Crippen LogP contribution in [0.3, 0.4) is 0 Å². The average Bonchev–Trinajstić information content (AvgIpc) is 3.15. The zero-order valence-electron chi connectivity index (χ0n) is 12.0. The molecular formula is C16H18N2O2S. The first-order valence-corrected chi connectivity index (χ1v) is 7.98. The van der Waals surface area contributed by atoms with Crippen LogP contribution in [0.4, 0.5) is 0 Å². The Bertz CT molecular complexity index is 618. The number of thiazole rings is 1. The SMILES string of the molecule is Cc1nc(-c2ccccc2)sc1C(=O)NC[C@@H]1CCCO1. The van der Waals surface area contributed by atoms with Gasteiger partial charge < -0.3 is 10.1 Å². The van der Waals surface area contributed by atoms with Crippen molar-refractivity contribution in [1.29, 1.82) is 0 Å². The van der Waals surface area contributed by atoms with Crippen molar-refractivity contribution in [2.24, 2.45) is 0 Å². The van der Waals surface area contributed by atoms with E-state index in [0.29, 0.717) is 11.4 Å². The Balaban J connectivity index is 1.70. The summed E-state index contributed by atoms with van der Waals surface area (Å²) in [5, 5.41) is 3.84. The number of rotatable bonds is 4. The predicted molar refractivity (Wildman–Crippen MR) is 83.6 cm³/mol. The minimum Gasteiger partial charge on any atom is -0.376 e. The van der Waals surface area contributed by atoms with Gasteiger partial charge in [0.25, 0.3) is 5.91 Å². The van der Waals surface area contributed by atoms with E-state index in [9.17, 15) is 4.79 Å². The van der Waals surface area contributed by atoms with Gasteiger partial charge >= 0.3 is 0 Å². The highest BCUT2D eigenvalue weighted by Crippen LogP contribution is 2.27. The third kappa shape index (κ3) is 3.31. The zero-order chi connectivity index (χ0) is 14.7. The van der Waals surface area contributed by atoms with Crippen molar-refractivity contribution in [3.63, 3.8) is 0 Å². The molecule has 1 aromatic carbocycles. The molecule has 0 bridgehead atoms. The molecule has 2 heterocycles. The van der Waals surface area contributed by atoms with Crippen molar-refractivity contribution in [1.82, 2.24) is 10.3 Å². The lowest BCUT2D eigenvalue weighted by Crippen LogP contribution is -2.31. The van der Waals surface area contributed by atoms with Gasteiger partial charge in [-0.3, -0.25) is 4.79 Å². The zero-order valence-corrected chi connectivity index (χ0v) is 12.8. The van der Waals surface area contributed by atoms with Crippen LogP contribution >= 0.6 is 11.3 Å². The number of ether oxygens (including phenoxy) is 1. The van der Waals surface area contributed by atoms with E-state index in [4.69, 9.17) is 4.74 Å². The highest BCUT2D eigenvalue weighted by Gasteiger charge is 2.19. The lowest BCUT2D eigenvalue weighted by Gasteiger charge is -2.09. The molecule has 1 N–H and O–H groups in total. The van der Waals surface area contributed by atoms with Crippen LogP contribution in [0, 0.1) is 6.92 Å². The van der Waals surface area contributed by atoms with Gasteiger partial charge in [0, 0.05) is 18.7 Å². The summed E-state index contributed by atoms with van der Waals surface area (Å²) >= 11 is 1.44. The van der Waals surface area contributed by atoms with Crippen LogP contribution in [0.2, 0.25) is 0 Å². The van der Waals surface area contributed by atoms with Crippen molar-refractivity contribution in [2.45, 2.75) is 25.9 Å². The molecule has 2 aromatic rings. The average molecular weight is 302 g/mol. The van der Waals surface area contributed by atoms with Gasteiger partial charge in [0.1, 0.15) is 9.88 Å². The molecule has 0 saturated carbocycles. The van der Waals surface area contributed by atoms with Crippen LogP contribution in [-0.2, 0) is 4.74 Å². The van der Waals surface area contributed by atoms with Crippen LogP contribution in [0.1, 0.15) is 28.2 Å². The molecule has 1 aromatic heterocycles. The third-order valence-electron chi connectivity index (χ3n) is 3.54. The Morgan fingerprint density at radius 3 is 2.95 bits per heavy atom. The minimum absolute atomic E-state index is 0.0531.